The quantitative estimate of drug-likeness (QED) is 0.109. The number of rotatable bonds is 11. The molecule has 0 saturated carbocycles. The number of carbonyl (C=O) groups is 2. The van der Waals surface area contributed by atoms with Crippen molar-refractivity contribution in [2.45, 2.75) is 25.9 Å². The highest BCUT2D eigenvalue weighted by Gasteiger charge is 2.23. The lowest BCUT2D eigenvalue weighted by Gasteiger charge is -2.15. The fraction of sp³-hybridized carbons (Fsp3) is 0.214. The minimum absolute atomic E-state index is 0.0346. The molecule has 0 radical (unpaired) electrons. The number of benzene rings is 2. The first-order valence-electron chi connectivity index (χ1n) is 12.6. The molecule has 0 saturated heterocycles. The van der Waals surface area contributed by atoms with Gasteiger partial charge in [0.05, 0.1) is 38.7 Å². The Morgan fingerprint density at radius 3 is 2.42 bits per heavy atom. The average molecular weight is 614 g/mol. The molecule has 2 heterocycles. The molecule has 4 rings (SSSR count). The Hall–Kier alpha value is -5.15. The van der Waals surface area contributed by atoms with E-state index < -0.39 is 38.4 Å². The molecular formula is C28H27N3O11S. The van der Waals surface area contributed by atoms with Gasteiger partial charge in [0.2, 0.25) is 10.9 Å². The standard InChI is InChI=1S/C28H27N3O11S/c1-6-39-28(34)21(14-22(32)42-31-43(35,36)23-8-7-9-40-23)41-25-15(2)10-17(11-16(25)3)26-29-19-12-18(37-4)13-20(38-5)24(19)27(33)30-26/h7-14,31H,6H2,1-5H3,(H,29,30,33)/b21-14+. The highest BCUT2D eigenvalue weighted by molar-refractivity contribution is 7.89. The summed E-state index contributed by atoms with van der Waals surface area (Å²) in [5.74, 6) is -1.64. The lowest BCUT2D eigenvalue weighted by atomic mass is 10.0. The van der Waals surface area contributed by atoms with Gasteiger partial charge in [-0.3, -0.25) is 4.79 Å². The Morgan fingerprint density at radius 2 is 1.81 bits per heavy atom. The first-order chi connectivity index (χ1) is 20.5. The lowest BCUT2D eigenvalue weighted by molar-refractivity contribution is -0.144. The van der Waals surface area contributed by atoms with Crippen molar-refractivity contribution in [1.82, 2.24) is 14.9 Å². The van der Waals surface area contributed by atoms with Gasteiger partial charge < -0.3 is 33.2 Å². The Labute approximate surface area is 245 Å². The molecule has 2 N–H and O–H groups in total. The molecule has 14 nitrogen and oxygen atoms in total. The van der Waals surface area contributed by atoms with Crippen LogP contribution in [0.1, 0.15) is 18.1 Å². The molecule has 0 spiro atoms. The maximum absolute atomic E-state index is 13.0. The van der Waals surface area contributed by atoms with Crippen LogP contribution in [0.5, 0.6) is 17.2 Å². The van der Waals surface area contributed by atoms with E-state index in [2.05, 4.69) is 14.8 Å². The number of ether oxygens (including phenoxy) is 4. The molecule has 0 amide bonds. The van der Waals surface area contributed by atoms with Gasteiger partial charge in [-0.15, -0.1) is 0 Å². The summed E-state index contributed by atoms with van der Waals surface area (Å²) in [6.07, 6.45) is 1.76. The normalized spacial score (nSPS) is 11.7. The molecule has 226 valence electrons. The summed E-state index contributed by atoms with van der Waals surface area (Å²) < 4.78 is 50.4. The van der Waals surface area contributed by atoms with Gasteiger partial charge in [-0.05, 0) is 61.0 Å². The molecule has 4 aromatic rings. The van der Waals surface area contributed by atoms with E-state index >= 15 is 0 Å². The van der Waals surface area contributed by atoms with Crippen LogP contribution in [0.15, 0.2) is 68.8 Å². The smallest absolute Gasteiger partial charge is 0.374 e. The van der Waals surface area contributed by atoms with Crippen LogP contribution in [0.25, 0.3) is 22.3 Å². The van der Waals surface area contributed by atoms with Gasteiger partial charge >= 0.3 is 22.0 Å². The van der Waals surface area contributed by atoms with E-state index in [4.69, 9.17) is 23.4 Å². The number of aromatic amines is 1. The summed E-state index contributed by atoms with van der Waals surface area (Å²) in [7, 11) is -1.38. The summed E-state index contributed by atoms with van der Waals surface area (Å²) in [4.78, 5) is 51.5. The van der Waals surface area contributed by atoms with Crippen molar-refractivity contribution in [1.29, 1.82) is 0 Å². The van der Waals surface area contributed by atoms with Crippen LogP contribution >= 0.6 is 0 Å². The minimum atomic E-state index is -4.30. The van der Waals surface area contributed by atoms with Crippen molar-refractivity contribution in [3.05, 3.63) is 76.0 Å². The molecule has 0 unspecified atom stereocenters. The summed E-state index contributed by atoms with van der Waals surface area (Å²) in [6.45, 7) is 4.87. The summed E-state index contributed by atoms with van der Waals surface area (Å²) in [6, 6.07) is 8.98. The van der Waals surface area contributed by atoms with Gasteiger partial charge in [-0.25, -0.2) is 23.0 Å². The van der Waals surface area contributed by atoms with Crippen LogP contribution in [0.3, 0.4) is 0 Å². The van der Waals surface area contributed by atoms with Crippen molar-refractivity contribution in [2.75, 3.05) is 20.8 Å². The number of sulfonamides is 1. The zero-order valence-corrected chi connectivity index (χ0v) is 24.5. The molecule has 2 aromatic carbocycles. The Kier molecular flexibility index (Phi) is 9.16. The summed E-state index contributed by atoms with van der Waals surface area (Å²) in [5, 5.41) is -0.235. The first kappa shape index (κ1) is 30.8. The van der Waals surface area contributed by atoms with Gasteiger partial charge in [0.1, 0.15) is 28.5 Å². The predicted molar refractivity (Wildman–Crippen MR) is 151 cm³/mol. The molecule has 0 atom stereocenters. The topological polar surface area (TPSA) is 185 Å². The number of H-pyrrole nitrogens is 1. The molecule has 15 heteroatoms. The van der Waals surface area contributed by atoms with Crippen molar-refractivity contribution in [2.24, 2.45) is 0 Å². The van der Waals surface area contributed by atoms with Gasteiger partial charge in [-0.2, -0.15) is 0 Å². The Morgan fingerprint density at radius 1 is 1.09 bits per heavy atom. The van der Waals surface area contributed by atoms with Crippen LogP contribution in [0.2, 0.25) is 0 Å². The summed E-state index contributed by atoms with van der Waals surface area (Å²) in [5.41, 5.74) is 1.45. The number of aryl methyl sites for hydroxylation is 2. The molecular weight excluding hydrogens is 586 g/mol. The Bertz CT molecular complexity index is 1850. The fourth-order valence-electron chi connectivity index (χ4n) is 4.01. The number of methoxy groups -OCH3 is 2. The number of carbonyl (C=O) groups excluding carboxylic acids is 2. The second-order valence-electron chi connectivity index (χ2n) is 8.85. The monoisotopic (exact) mass is 613 g/mol. The predicted octanol–water partition coefficient (Wildman–Crippen LogP) is 3.08. The van der Waals surface area contributed by atoms with Gasteiger partial charge in [0.25, 0.3) is 5.56 Å². The van der Waals surface area contributed by atoms with Crippen LogP contribution in [0.4, 0.5) is 0 Å². The van der Waals surface area contributed by atoms with E-state index in [1.165, 1.54) is 20.3 Å². The third kappa shape index (κ3) is 6.85. The zero-order valence-electron chi connectivity index (χ0n) is 23.7. The fourth-order valence-corrected chi connectivity index (χ4v) is 4.72. The van der Waals surface area contributed by atoms with E-state index in [0.717, 1.165) is 12.3 Å². The average Bonchev–Trinajstić information content (AvgIpc) is 3.53. The molecule has 0 aliphatic heterocycles. The van der Waals surface area contributed by atoms with Crippen molar-refractivity contribution < 1.29 is 46.2 Å². The molecule has 0 aliphatic carbocycles. The molecule has 0 aliphatic rings. The number of hydrogen-bond donors (Lipinski definition) is 2. The second-order valence-corrected chi connectivity index (χ2v) is 10.4. The van der Waals surface area contributed by atoms with E-state index in [1.807, 2.05) is 0 Å². The number of esters is 1. The molecule has 0 bridgehead atoms. The minimum Gasteiger partial charge on any atom is -0.497 e. The van der Waals surface area contributed by atoms with Gasteiger partial charge in [0.15, 0.2) is 0 Å². The highest BCUT2D eigenvalue weighted by atomic mass is 32.2. The number of furan rings is 1. The maximum Gasteiger partial charge on any atom is 0.374 e. The van der Waals surface area contributed by atoms with Crippen molar-refractivity contribution >= 4 is 32.9 Å². The summed E-state index contributed by atoms with van der Waals surface area (Å²) >= 11 is 0. The number of nitrogens with zero attached hydrogens (tertiary/aromatic N) is 1. The zero-order chi connectivity index (χ0) is 31.3. The van der Waals surface area contributed by atoms with E-state index in [9.17, 15) is 22.8 Å². The highest BCUT2D eigenvalue weighted by Crippen LogP contribution is 2.32. The van der Waals surface area contributed by atoms with Crippen molar-refractivity contribution in [3.63, 3.8) is 0 Å². The lowest BCUT2D eigenvalue weighted by Crippen LogP contribution is -2.27. The molecule has 43 heavy (non-hydrogen) atoms. The first-order valence-corrected chi connectivity index (χ1v) is 14.1. The van der Waals surface area contributed by atoms with E-state index in [-0.39, 0.29) is 23.6 Å². The maximum atomic E-state index is 13.0. The van der Waals surface area contributed by atoms with Crippen molar-refractivity contribution in [3.8, 4) is 28.6 Å². The Balaban J connectivity index is 1.65. The molecule has 2 aromatic heterocycles. The largest absolute Gasteiger partial charge is 0.497 e. The number of fused-ring (bicyclic) bond motifs is 1. The van der Waals surface area contributed by atoms with Crippen LogP contribution in [0, 0.1) is 13.8 Å². The van der Waals surface area contributed by atoms with E-state index in [0.29, 0.717) is 39.8 Å². The van der Waals surface area contributed by atoms with Crippen LogP contribution in [-0.4, -0.2) is 51.2 Å². The number of nitrogens with one attached hydrogen (secondary N) is 2. The third-order valence-corrected chi connectivity index (χ3v) is 6.95. The van der Waals surface area contributed by atoms with E-state index in [1.54, 1.807) is 49.9 Å². The van der Waals surface area contributed by atoms with Crippen LogP contribution in [-0.2, 0) is 29.2 Å². The van der Waals surface area contributed by atoms with Crippen LogP contribution < -0.4 is 24.7 Å². The second kappa shape index (κ2) is 12.8. The molecule has 0 fully saturated rings. The number of aromatic nitrogens is 2. The van der Waals surface area contributed by atoms with Gasteiger partial charge in [-0.1, -0.05) is 0 Å². The SMILES string of the molecule is CCOC(=O)/C(=C\C(=O)ONS(=O)(=O)c1ccco1)Oc1c(C)cc(-c2nc3cc(OC)cc(OC)c3c(=O)[nH]2)cc1C. The van der Waals surface area contributed by atoms with Gasteiger partial charge in [0, 0.05) is 17.7 Å². The third-order valence-electron chi connectivity index (χ3n) is 5.88. The number of hydrogen-bond acceptors (Lipinski definition) is 12.